The van der Waals surface area contributed by atoms with Crippen molar-refractivity contribution in [3.63, 3.8) is 0 Å². The molecule has 48 valence electrons. The zero-order chi connectivity index (χ0) is 6.69. The van der Waals surface area contributed by atoms with Crippen LogP contribution in [0.4, 0.5) is 0 Å². The summed E-state index contributed by atoms with van der Waals surface area (Å²) >= 11 is 1.62. The van der Waals surface area contributed by atoms with Crippen LogP contribution in [0.15, 0.2) is 0 Å². The molecule has 1 aliphatic heterocycles. The summed E-state index contributed by atoms with van der Waals surface area (Å²) in [4.78, 5) is 10.8. The predicted molar refractivity (Wildman–Crippen MR) is 36.1 cm³/mol. The summed E-state index contributed by atoms with van der Waals surface area (Å²) in [5, 5.41) is 8.38. The fourth-order valence-electron chi connectivity index (χ4n) is 0.772. The van der Waals surface area contributed by atoms with Crippen molar-refractivity contribution in [1.82, 2.24) is 0 Å². The monoisotopic (exact) mass is 141 g/mol. The Hall–Kier alpha value is -0.490. The Balaban J connectivity index is 2.51. The third-order valence-corrected chi connectivity index (χ3v) is 2.35. The van der Waals surface area contributed by atoms with Crippen molar-refractivity contribution >= 4 is 17.5 Å². The van der Waals surface area contributed by atoms with Crippen LogP contribution in [0.2, 0.25) is 0 Å². The van der Waals surface area contributed by atoms with Gasteiger partial charge in [0, 0.05) is 0 Å². The fraction of sp³-hybridized carbons (Fsp3) is 0.667. The maximum atomic E-state index is 10.8. The Morgan fingerprint density at radius 1 is 1.78 bits per heavy atom. The van der Waals surface area contributed by atoms with E-state index >= 15 is 0 Å². The first-order valence-corrected chi connectivity index (χ1v) is 4.00. The van der Waals surface area contributed by atoms with E-state index in [9.17, 15) is 4.79 Å². The molecule has 1 saturated heterocycles. The first-order valence-electron chi connectivity index (χ1n) is 2.84. The van der Waals surface area contributed by atoms with Crippen LogP contribution in [0.3, 0.4) is 0 Å². The molecule has 1 aliphatic rings. The van der Waals surface area contributed by atoms with Gasteiger partial charge in [-0.15, -0.1) is 0 Å². The summed E-state index contributed by atoms with van der Waals surface area (Å²) in [6, 6.07) is 1.99. The van der Waals surface area contributed by atoms with Crippen LogP contribution in [-0.4, -0.2) is 17.3 Å². The van der Waals surface area contributed by atoms with Crippen molar-refractivity contribution in [1.29, 1.82) is 5.26 Å². The third kappa shape index (κ3) is 1.46. The maximum Gasteiger partial charge on any atom is 0.159 e. The van der Waals surface area contributed by atoms with Gasteiger partial charge >= 0.3 is 0 Å². The van der Waals surface area contributed by atoms with Crippen LogP contribution in [0.25, 0.3) is 0 Å². The van der Waals surface area contributed by atoms with E-state index in [1.54, 1.807) is 11.8 Å². The molecule has 0 saturated carbocycles. The quantitative estimate of drug-likeness (QED) is 0.501. The molecular formula is C6H7NOS. The molecular weight excluding hydrogens is 134 g/mol. The summed E-state index contributed by atoms with van der Waals surface area (Å²) in [6.07, 6.45) is 0.750. The van der Waals surface area contributed by atoms with Gasteiger partial charge in [-0.3, -0.25) is 4.79 Å². The number of carbonyl (C=O) groups excluding carboxylic acids is 1. The number of thioether (sulfide) groups is 1. The van der Waals surface area contributed by atoms with Gasteiger partial charge in [-0.1, -0.05) is 0 Å². The van der Waals surface area contributed by atoms with Gasteiger partial charge in [0.1, 0.15) is 5.92 Å². The molecule has 3 heteroatoms. The van der Waals surface area contributed by atoms with Crippen molar-refractivity contribution < 1.29 is 4.79 Å². The van der Waals surface area contributed by atoms with E-state index in [0.717, 1.165) is 12.2 Å². The van der Waals surface area contributed by atoms with Crippen molar-refractivity contribution in [3.8, 4) is 6.07 Å². The zero-order valence-electron chi connectivity index (χ0n) is 4.96. The molecule has 0 aromatic rings. The average Bonchev–Trinajstić information content (AvgIpc) is 1.89. The topological polar surface area (TPSA) is 40.9 Å². The second-order valence-electron chi connectivity index (χ2n) is 1.99. The molecule has 1 heterocycles. The minimum atomic E-state index is -0.300. The summed E-state index contributed by atoms with van der Waals surface area (Å²) in [7, 11) is 0. The minimum Gasteiger partial charge on any atom is -0.297 e. The molecule has 0 spiro atoms. The lowest BCUT2D eigenvalue weighted by Gasteiger charge is -2.12. The van der Waals surface area contributed by atoms with E-state index in [2.05, 4.69) is 0 Å². The first-order chi connectivity index (χ1) is 4.34. The van der Waals surface area contributed by atoms with Crippen molar-refractivity contribution in [3.05, 3.63) is 0 Å². The van der Waals surface area contributed by atoms with Gasteiger partial charge in [0.05, 0.1) is 11.8 Å². The Morgan fingerprint density at radius 3 is 3.00 bits per heavy atom. The van der Waals surface area contributed by atoms with Crippen LogP contribution < -0.4 is 0 Å². The normalized spacial score (nSPS) is 27.4. The molecule has 0 aromatic heterocycles. The largest absolute Gasteiger partial charge is 0.297 e. The van der Waals surface area contributed by atoms with Gasteiger partial charge in [-0.05, 0) is 12.2 Å². The highest BCUT2D eigenvalue weighted by atomic mass is 32.2. The van der Waals surface area contributed by atoms with Crippen LogP contribution in [0, 0.1) is 17.2 Å². The van der Waals surface area contributed by atoms with Crippen LogP contribution in [0.5, 0.6) is 0 Å². The lowest BCUT2D eigenvalue weighted by Crippen LogP contribution is -2.20. The number of rotatable bonds is 0. The standard InChI is InChI=1S/C6H7NOS/c7-3-5-1-2-9-4-6(5)8/h5H,1-2,4H2. The van der Waals surface area contributed by atoms with E-state index in [1.165, 1.54) is 0 Å². The molecule has 2 nitrogen and oxygen atoms in total. The molecule has 0 radical (unpaired) electrons. The fourth-order valence-corrected chi connectivity index (χ4v) is 1.72. The van der Waals surface area contributed by atoms with Gasteiger partial charge in [-0.2, -0.15) is 17.0 Å². The van der Waals surface area contributed by atoms with Crippen LogP contribution >= 0.6 is 11.8 Å². The van der Waals surface area contributed by atoms with E-state index in [4.69, 9.17) is 5.26 Å². The zero-order valence-corrected chi connectivity index (χ0v) is 5.78. The van der Waals surface area contributed by atoms with Gasteiger partial charge in [0.15, 0.2) is 5.78 Å². The van der Waals surface area contributed by atoms with E-state index < -0.39 is 0 Å². The molecule has 0 aromatic carbocycles. The predicted octanol–water partition coefficient (Wildman–Crippen LogP) is 0.832. The first kappa shape index (κ1) is 6.63. The Kier molecular flexibility index (Phi) is 2.12. The molecule has 1 fully saturated rings. The Bertz CT molecular complexity index is 161. The average molecular weight is 141 g/mol. The van der Waals surface area contributed by atoms with Gasteiger partial charge in [-0.25, -0.2) is 0 Å². The molecule has 9 heavy (non-hydrogen) atoms. The molecule has 1 atom stereocenters. The SMILES string of the molecule is N#CC1CCSCC1=O. The number of ketones is 1. The lowest BCUT2D eigenvalue weighted by atomic mass is 10.0. The lowest BCUT2D eigenvalue weighted by molar-refractivity contribution is -0.119. The van der Waals surface area contributed by atoms with Crippen LogP contribution in [-0.2, 0) is 4.79 Å². The summed E-state index contributed by atoms with van der Waals surface area (Å²) in [5.74, 6) is 1.31. The summed E-state index contributed by atoms with van der Waals surface area (Å²) in [6.45, 7) is 0. The Morgan fingerprint density at radius 2 is 2.56 bits per heavy atom. The smallest absolute Gasteiger partial charge is 0.159 e. The van der Waals surface area contributed by atoms with E-state index in [-0.39, 0.29) is 11.7 Å². The number of hydrogen-bond donors (Lipinski definition) is 0. The van der Waals surface area contributed by atoms with Gasteiger partial charge in [0.2, 0.25) is 0 Å². The second kappa shape index (κ2) is 2.88. The molecule has 1 rings (SSSR count). The highest BCUT2D eigenvalue weighted by Gasteiger charge is 2.21. The summed E-state index contributed by atoms with van der Waals surface area (Å²) < 4.78 is 0. The molecule has 0 amide bonds. The van der Waals surface area contributed by atoms with Gasteiger partial charge < -0.3 is 0 Å². The number of nitriles is 1. The second-order valence-corrected chi connectivity index (χ2v) is 3.09. The summed E-state index contributed by atoms with van der Waals surface area (Å²) in [5.41, 5.74) is 0. The molecule has 0 aliphatic carbocycles. The van der Waals surface area contributed by atoms with Crippen molar-refractivity contribution in [2.75, 3.05) is 11.5 Å². The number of nitrogens with zero attached hydrogens (tertiary/aromatic N) is 1. The molecule has 1 unspecified atom stereocenters. The number of hydrogen-bond acceptors (Lipinski definition) is 3. The van der Waals surface area contributed by atoms with Crippen molar-refractivity contribution in [2.45, 2.75) is 6.42 Å². The number of Topliss-reactive ketones (excluding diaryl/α,β-unsaturated/α-hetero) is 1. The highest BCUT2D eigenvalue weighted by Crippen LogP contribution is 2.18. The van der Waals surface area contributed by atoms with E-state index in [0.29, 0.717) is 5.75 Å². The van der Waals surface area contributed by atoms with Gasteiger partial charge in [0.25, 0.3) is 0 Å². The van der Waals surface area contributed by atoms with Crippen molar-refractivity contribution in [2.24, 2.45) is 5.92 Å². The molecule has 0 bridgehead atoms. The highest BCUT2D eigenvalue weighted by molar-refractivity contribution is 8.00. The Labute approximate surface area is 58.2 Å². The third-order valence-electron chi connectivity index (χ3n) is 1.34. The van der Waals surface area contributed by atoms with E-state index in [1.807, 2.05) is 6.07 Å². The maximum absolute atomic E-state index is 10.8. The molecule has 0 N–H and O–H groups in total. The van der Waals surface area contributed by atoms with Crippen LogP contribution in [0.1, 0.15) is 6.42 Å². The number of carbonyl (C=O) groups is 1. The minimum absolute atomic E-state index is 0.105.